The van der Waals surface area contributed by atoms with Crippen LogP contribution >= 0.6 is 11.6 Å². The summed E-state index contributed by atoms with van der Waals surface area (Å²) in [6.45, 7) is 0.607. The molecule has 1 aliphatic carbocycles. The van der Waals surface area contributed by atoms with Crippen LogP contribution in [0.5, 0.6) is 0 Å². The number of carbonyl (C=O) groups is 1. The molecule has 1 saturated carbocycles. The lowest BCUT2D eigenvalue weighted by Gasteiger charge is -2.25. The molecule has 1 fully saturated rings. The lowest BCUT2D eigenvalue weighted by molar-refractivity contribution is 0.0911. The number of hydrogen-bond donors (Lipinski definition) is 3. The Kier molecular flexibility index (Phi) is 4.66. The van der Waals surface area contributed by atoms with E-state index in [2.05, 4.69) is 5.32 Å². The van der Waals surface area contributed by atoms with Gasteiger partial charge in [-0.2, -0.15) is 0 Å². The van der Waals surface area contributed by atoms with Crippen LogP contribution in [0.25, 0.3) is 0 Å². The van der Waals surface area contributed by atoms with Crippen molar-refractivity contribution in [1.29, 1.82) is 0 Å². The van der Waals surface area contributed by atoms with E-state index >= 15 is 0 Å². The number of halogens is 1. The number of aliphatic hydroxyl groups is 1. The standard InChI is InChI=1S/C14H19ClN2O2/c15-11-2-1-3-12(16)13(11)14(19)17-8-9-4-6-10(18)7-5-9/h1-3,9-10,18H,4-8,16H2,(H,17,19). The zero-order valence-electron chi connectivity index (χ0n) is 10.7. The van der Waals surface area contributed by atoms with Crippen LogP contribution in [0.3, 0.4) is 0 Å². The fourth-order valence-electron chi connectivity index (χ4n) is 2.45. The lowest BCUT2D eigenvalue weighted by atomic mass is 9.87. The molecule has 0 atom stereocenters. The fraction of sp³-hybridized carbons (Fsp3) is 0.500. The second kappa shape index (κ2) is 6.26. The Hall–Kier alpha value is -1.26. The molecular formula is C14H19ClN2O2. The van der Waals surface area contributed by atoms with E-state index in [1.165, 1.54) is 0 Å². The van der Waals surface area contributed by atoms with E-state index in [4.69, 9.17) is 17.3 Å². The number of carbonyl (C=O) groups excluding carboxylic acids is 1. The molecule has 5 heteroatoms. The van der Waals surface area contributed by atoms with Gasteiger partial charge in [0.05, 0.1) is 16.7 Å². The first-order valence-corrected chi connectivity index (χ1v) is 6.96. The molecule has 2 rings (SSSR count). The van der Waals surface area contributed by atoms with Gasteiger partial charge in [0.2, 0.25) is 0 Å². The minimum Gasteiger partial charge on any atom is -0.398 e. The van der Waals surface area contributed by atoms with E-state index in [0.29, 0.717) is 28.7 Å². The van der Waals surface area contributed by atoms with Gasteiger partial charge in [0, 0.05) is 12.2 Å². The fourth-order valence-corrected chi connectivity index (χ4v) is 2.72. The summed E-state index contributed by atoms with van der Waals surface area (Å²) in [5, 5.41) is 12.7. The summed E-state index contributed by atoms with van der Waals surface area (Å²) in [6.07, 6.45) is 3.34. The third-order valence-electron chi connectivity index (χ3n) is 3.64. The minimum absolute atomic E-state index is 0.175. The quantitative estimate of drug-likeness (QED) is 0.744. The first-order chi connectivity index (χ1) is 9.08. The summed E-state index contributed by atoms with van der Waals surface area (Å²) in [7, 11) is 0. The number of anilines is 1. The van der Waals surface area contributed by atoms with Crippen LogP contribution in [0, 0.1) is 5.92 Å². The first kappa shape index (κ1) is 14.2. The summed E-state index contributed by atoms with van der Waals surface area (Å²) in [5.41, 5.74) is 6.51. The third-order valence-corrected chi connectivity index (χ3v) is 3.96. The first-order valence-electron chi connectivity index (χ1n) is 6.58. The van der Waals surface area contributed by atoms with Crippen LogP contribution in [0.1, 0.15) is 36.0 Å². The second-order valence-corrected chi connectivity index (χ2v) is 5.50. The molecule has 0 unspecified atom stereocenters. The maximum absolute atomic E-state index is 12.1. The molecule has 0 bridgehead atoms. The highest BCUT2D eigenvalue weighted by Crippen LogP contribution is 2.25. The van der Waals surface area contributed by atoms with Gasteiger partial charge in [0.15, 0.2) is 0 Å². The van der Waals surface area contributed by atoms with E-state index < -0.39 is 0 Å². The van der Waals surface area contributed by atoms with Gasteiger partial charge >= 0.3 is 0 Å². The molecule has 0 saturated heterocycles. The molecule has 4 N–H and O–H groups in total. The summed E-state index contributed by atoms with van der Waals surface area (Å²) in [4.78, 5) is 12.1. The van der Waals surface area contributed by atoms with Gasteiger partial charge in [-0.3, -0.25) is 4.79 Å². The van der Waals surface area contributed by atoms with Crippen LogP contribution < -0.4 is 11.1 Å². The Bertz CT molecular complexity index is 437. The average Bonchev–Trinajstić information content (AvgIpc) is 2.38. The Labute approximate surface area is 117 Å². The Morgan fingerprint density at radius 1 is 1.37 bits per heavy atom. The predicted octanol–water partition coefficient (Wildman–Crippen LogP) is 2.20. The zero-order valence-corrected chi connectivity index (χ0v) is 11.5. The molecule has 4 nitrogen and oxygen atoms in total. The maximum atomic E-state index is 12.1. The molecule has 1 aliphatic rings. The van der Waals surface area contributed by atoms with E-state index in [0.717, 1.165) is 25.7 Å². The van der Waals surface area contributed by atoms with Crippen LogP contribution in [0.4, 0.5) is 5.69 Å². The minimum atomic E-state index is -0.228. The Balaban J connectivity index is 1.91. The van der Waals surface area contributed by atoms with Crippen molar-refractivity contribution in [3.05, 3.63) is 28.8 Å². The Morgan fingerprint density at radius 3 is 2.68 bits per heavy atom. The SMILES string of the molecule is Nc1cccc(Cl)c1C(=O)NCC1CCC(O)CC1. The molecule has 0 aliphatic heterocycles. The molecule has 1 amide bonds. The van der Waals surface area contributed by atoms with Gasteiger partial charge < -0.3 is 16.2 Å². The zero-order chi connectivity index (χ0) is 13.8. The van der Waals surface area contributed by atoms with E-state index in [9.17, 15) is 9.90 Å². The number of nitrogens with one attached hydrogen (secondary N) is 1. The van der Waals surface area contributed by atoms with Crippen molar-refractivity contribution in [3.63, 3.8) is 0 Å². The highest BCUT2D eigenvalue weighted by atomic mass is 35.5. The van der Waals surface area contributed by atoms with Crippen molar-refractivity contribution in [3.8, 4) is 0 Å². The number of nitrogens with two attached hydrogens (primary N) is 1. The summed E-state index contributed by atoms with van der Waals surface area (Å²) < 4.78 is 0. The van der Waals surface area contributed by atoms with Crippen molar-refractivity contribution in [2.45, 2.75) is 31.8 Å². The van der Waals surface area contributed by atoms with E-state index in [1.54, 1.807) is 18.2 Å². The van der Waals surface area contributed by atoms with E-state index in [1.807, 2.05) is 0 Å². The summed E-state index contributed by atoms with van der Waals surface area (Å²) in [5.74, 6) is 0.199. The summed E-state index contributed by atoms with van der Waals surface area (Å²) >= 11 is 5.99. The largest absolute Gasteiger partial charge is 0.398 e. The third kappa shape index (κ3) is 3.61. The van der Waals surface area contributed by atoms with Gasteiger partial charge in [-0.05, 0) is 43.7 Å². The highest BCUT2D eigenvalue weighted by Gasteiger charge is 2.21. The monoisotopic (exact) mass is 282 g/mol. The van der Waals surface area contributed by atoms with Crippen LogP contribution in [-0.2, 0) is 0 Å². The molecule has 0 aromatic heterocycles. The van der Waals surface area contributed by atoms with Crippen LogP contribution in [-0.4, -0.2) is 23.7 Å². The average molecular weight is 283 g/mol. The number of amides is 1. The van der Waals surface area contributed by atoms with Crippen LogP contribution in [0.15, 0.2) is 18.2 Å². The van der Waals surface area contributed by atoms with Crippen molar-refractivity contribution in [2.24, 2.45) is 5.92 Å². The van der Waals surface area contributed by atoms with Crippen molar-refractivity contribution < 1.29 is 9.90 Å². The normalized spacial score (nSPS) is 23.1. The lowest BCUT2D eigenvalue weighted by Crippen LogP contribution is -2.32. The molecule has 104 valence electrons. The smallest absolute Gasteiger partial charge is 0.254 e. The van der Waals surface area contributed by atoms with Gasteiger partial charge in [0.1, 0.15) is 0 Å². The Morgan fingerprint density at radius 2 is 2.05 bits per heavy atom. The van der Waals surface area contributed by atoms with E-state index in [-0.39, 0.29) is 12.0 Å². The molecular weight excluding hydrogens is 264 g/mol. The predicted molar refractivity (Wildman–Crippen MR) is 76.2 cm³/mol. The number of rotatable bonds is 3. The molecule has 0 radical (unpaired) electrons. The highest BCUT2D eigenvalue weighted by molar-refractivity contribution is 6.34. The molecule has 0 spiro atoms. The number of hydrogen-bond acceptors (Lipinski definition) is 3. The summed E-state index contributed by atoms with van der Waals surface area (Å²) in [6, 6.07) is 5.04. The number of aliphatic hydroxyl groups excluding tert-OH is 1. The van der Waals surface area contributed by atoms with Crippen molar-refractivity contribution in [2.75, 3.05) is 12.3 Å². The van der Waals surface area contributed by atoms with Gasteiger partial charge in [-0.15, -0.1) is 0 Å². The molecule has 19 heavy (non-hydrogen) atoms. The van der Waals surface area contributed by atoms with Crippen molar-refractivity contribution >= 4 is 23.2 Å². The van der Waals surface area contributed by atoms with Crippen molar-refractivity contribution in [1.82, 2.24) is 5.32 Å². The molecule has 1 aromatic carbocycles. The van der Waals surface area contributed by atoms with Gasteiger partial charge in [-0.1, -0.05) is 17.7 Å². The number of nitrogen functional groups attached to an aromatic ring is 1. The number of benzene rings is 1. The molecule has 0 heterocycles. The topological polar surface area (TPSA) is 75.4 Å². The van der Waals surface area contributed by atoms with Gasteiger partial charge in [-0.25, -0.2) is 0 Å². The maximum Gasteiger partial charge on any atom is 0.254 e. The van der Waals surface area contributed by atoms with Gasteiger partial charge in [0.25, 0.3) is 5.91 Å². The molecule has 1 aromatic rings. The van der Waals surface area contributed by atoms with Crippen LogP contribution in [0.2, 0.25) is 5.02 Å². The second-order valence-electron chi connectivity index (χ2n) is 5.09.